The number of rotatable bonds is 3. The smallest absolute Gasteiger partial charge is 0.230 e. The van der Waals surface area contributed by atoms with Gasteiger partial charge in [-0.25, -0.2) is 9.37 Å². The van der Waals surface area contributed by atoms with Gasteiger partial charge in [-0.2, -0.15) is 5.10 Å². The summed E-state index contributed by atoms with van der Waals surface area (Å²) in [5.74, 6) is -0.860. The minimum atomic E-state index is -0.491. The Morgan fingerprint density at radius 1 is 1.39 bits per heavy atom. The molecule has 0 atom stereocenters. The van der Waals surface area contributed by atoms with Gasteiger partial charge in [0.1, 0.15) is 17.2 Å². The first-order chi connectivity index (χ1) is 8.50. The quantitative estimate of drug-likeness (QED) is 0.804. The molecule has 0 saturated carbocycles. The van der Waals surface area contributed by atoms with Gasteiger partial charge < -0.3 is 0 Å². The molecule has 0 aromatic carbocycles. The van der Waals surface area contributed by atoms with E-state index in [-0.39, 0.29) is 28.2 Å². The lowest BCUT2D eigenvalue weighted by Gasteiger charge is -2.10. The number of carbonyl (C=O) groups excluding carboxylic acids is 1. The van der Waals surface area contributed by atoms with Crippen LogP contribution in [0.15, 0.2) is 24.5 Å². The maximum absolute atomic E-state index is 12.8. The summed E-state index contributed by atoms with van der Waals surface area (Å²) in [6.45, 7) is 3.77. The van der Waals surface area contributed by atoms with E-state index in [2.05, 4.69) is 10.1 Å². The van der Waals surface area contributed by atoms with Crippen LogP contribution in [0, 0.1) is 5.82 Å². The molecule has 94 valence electrons. The Morgan fingerprint density at radius 2 is 2.11 bits per heavy atom. The van der Waals surface area contributed by atoms with E-state index in [1.165, 1.54) is 23.0 Å². The van der Waals surface area contributed by atoms with Crippen LogP contribution >= 0.6 is 11.6 Å². The minimum Gasteiger partial charge on any atom is -0.285 e. The lowest BCUT2D eigenvalue weighted by molar-refractivity contribution is 0.102. The predicted octanol–water partition coefficient (Wildman–Crippen LogP) is 2.88. The summed E-state index contributed by atoms with van der Waals surface area (Å²) in [5, 5.41) is 4.31. The second-order valence-electron chi connectivity index (χ2n) is 4.07. The zero-order valence-electron chi connectivity index (χ0n) is 9.89. The molecular weight excluding hydrogens is 257 g/mol. The number of hydrogen-bond acceptors (Lipinski definition) is 3. The molecule has 0 radical (unpaired) electrons. The highest BCUT2D eigenvalue weighted by Gasteiger charge is 2.21. The summed E-state index contributed by atoms with van der Waals surface area (Å²) >= 11 is 5.96. The van der Waals surface area contributed by atoms with Crippen molar-refractivity contribution in [3.8, 4) is 0 Å². The molecule has 0 fully saturated rings. The average molecular weight is 268 g/mol. The SMILES string of the molecule is CC(C)n1ncc(Cl)c1C(=O)c1ccc(F)cn1. The highest BCUT2D eigenvalue weighted by atomic mass is 35.5. The second kappa shape index (κ2) is 4.86. The fraction of sp³-hybridized carbons (Fsp3) is 0.250. The summed E-state index contributed by atoms with van der Waals surface area (Å²) in [7, 11) is 0. The van der Waals surface area contributed by atoms with Crippen LogP contribution in [0.1, 0.15) is 36.1 Å². The van der Waals surface area contributed by atoms with Gasteiger partial charge in [0.25, 0.3) is 0 Å². The van der Waals surface area contributed by atoms with Crippen molar-refractivity contribution in [3.05, 3.63) is 46.8 Å². The molecule has 0 aliphatic heterocycles. The number of hydrogen-bond donors (Lipinski definition) is 0. The van der Waals surface area contributed by atoms with E-state index in [1.807, 2.05) is 13.8 Å². The number of aromatic nitrogens is 3. The standard InChI is InChI=1S/C12H11ClFN3O/c1-7(2)17-11(9(13)6-16-17)12(18)10-4-3-8(14)5-15-10/h3-7H,1-2H3. The van der Waals surface area contributed by atoms with E-state index in [4.69, 9.17) is 11.6 Å². The van der Waals surface area contributed by atoms with Gasteiger partial charge in [0.2, 0.25) is 5.78 Å². The Morgan fingerprint density at radius 3 is 2.67 bits per heavy atom. The summed E-state index contributed by atoms with van der Waals surface area (Å²) < 4.78 is 14.3. The molecule has 18 heavy (non-hydrogen) atoms. The molecule has 2 rings (SSSR count). The molecule has 0 amide bonds. The summed E-state index contributed by atoms with van der Waals surface area (Å²) in [5.41, 5.74) is 0.409. The average Bonchev–Trinajstić information content (AvgIpc) is 2.71. The molecule has 2 heterocycles. The van der Waals surface area contributed by atoms with Gasteiger partial charge in [-0.1, -0.05) is 11.6 Å². The van der Waals surface area contributed by atoms with Crippen molar-refractivity contribution in [3.63, 3.8) is 0 Å². The molecule has 6 heteroatoms. The van der Waals surface area contributed by atoms with Crippen molar-refractivity contribution < 1.29 is 9.18 Å². The normalized spacial score (nSPS) is 10.9. The highest BCUT2D eigenvalue weighted by Crippen LogP contribution is 2.21. The minimum absolute atomic E-state index is 0.00287. The van der Waals surface area contributed by atoms with E-state index >= 15 is 0 Å². The molecule has 0 aliphatic rings. The third kappa shape index (κ3) is 2.26. The van der Waals surface area contributed by atoms with Gasteiger partial charge in [0, 0.05) is 6.04 Å². The first kappa shape index (κ1) is 12.7. The van der Waals surface area contributed by atoms with Crippen LogP contribution < -0.4 is 0 Å². The van der Waals surface area contributed by atoms with Gasteiger partial charge in [0.05, 0.1) is 17.4 Å². The maximum Gasteiger partial charge on any atom is 0.230 e. The van der Waals surface area contributed by atoms with E-state index in [1.54, 1.807) is 0 Å². The molecule has 4 nitrogen and oxygen atoms in total. The molecule has 0 spiro atoms. The topological polar surface area (TPSA) is 47.8 Å². The van der Waals surface area contributed by atoms with Crippen LogP contribution in [0.5, 0.6) is 0 Å². The van der Waals surface area contributed by atoms with E-state index in [0.29, 0.717) is 0 Å². The summed E-state index contributed by atoms with van der Waals surface area (Å²) in [6, 6.07) is 2.51. The Hall–Kier alpha value is -1.75. The number of pyridine rings is 1. The number of carbonyl (C=O) groups is 1. The Kier molecular flexibility index (Phi) is 3.43. The van der Waals surface area contributed by atoms with E-state index < -0.39 is 5.82 Å². The fourth-order valence-corrected chi connectivity index (χ4v) is 1.79. The van der Waals surface area contributed by atoms with Crippen molar-refractivity contribution in [2.24, 2.45) is 0 Å². The van der Waals surface area contributed by atoms with Crippen molar-refractivity contribution in [1.82, 2.24) is 14.8 Å². The van der Waals surface area contributed by atoms with Crippen molar-refractivity contribution in [2.45, 2.75) is 19.9 Å². The summed E-state index contributed by atoms with van der Waals surface area (Å²) in [6.07, 6.45) is 2.41. The monoisotopic (exact) mass is 267 g/mol. The Bertz CT molecular complexity index is 578. The molecule has 0 bridgehead atoms. The molecule has 2 aromatic heterocycles. The fourth-order valence-electron chi connectivity index (χ4n) is 1.58. The zero-order chi connectivity index (χ0) is 13.3. The van der Waals surface area contributed by atoms with Crippen LogP contribution in [0.2, 0.25) is 5.02 Å². The second-order valence-corrected chi connectivity index (χ2v) is 4.48. The van der Waals surface area contributed by atoms with Gasteiger partial charge in [-0.3, -0.25) is 9.48 Å². The molecular formula is C12H11ClFN3O. The van der Waals surface area contributed by atoms with Crippen molar-refractivity contribution in [2.75, 3.05) is 0 Å². The van der Waals surface area contributed by atoms with Crippen molar-refractivity contribution >= 4 is 17.4 Å². The lowest BCUT2D eigenvalue weighted by Crippen LogP contribution is -2.14. The number of halogens is 2. The highest BCUT2D eigenvalue weighted by molar-refractivity contribution is 6.34. The lowest BCUT2D eigenvalue weighted by atomic mass is 10.2. The first-order valence-electron chi connectivity index (χ1n) is 5.40. The van der Waals surface area contributed by atoms with Crippen LogP contribution in [0.3, 0.4) is 0 Å². The van der Waals surface area contributed by atoms with Crippen LogP contribution in [0.25, 0.3) is 0 Å². The van der Waals surface area contributed by atoms with Gasteiger partial charge in [0.15, 0.2) is 0 Å². The molecule has 0 saturated heterocycles. The maximum atomic E-state index is 12.8. The van der Waals surface area contributed by atoms with Gasteiger partial charge in [-0.15, -0.1) is 0 Å². The van der Waals surface area contributed by atoms with E-state index in [0.717, 1.165) is 6.20 Å². The largest absolute Gasteiger partial charge is 0.285 e. The Balaban J connectivity index is 2.45. The Labute approximate surface area is 108 Å². The third-order valence-electron chi connectivity index (χ3n) is 2.42. The predicted molar refractivity (Wildman–Crippen MR) is 65.2 cm³/mol. The van der Waals surface area contributed by atoms with Gasteiger partial charge >= 0.3 is 0 Å². The molecule has 0 aliphatic carbocycles. The van der Waals surface area contributed by atoms with Crippen molar-refractivity contribution in [1.29, 1.82) is 0 Å². The summed E-state index contributed by atoms with van der Waals surface area (Å²) in [4.78, 5) is 16.0. The van der Waals surface area contributed by atoms with Crippen LogP contribution in [-0.4, -0.2) is 20.5 Å². The first-order valence-corrected chi connectivity index (χ1v) is 5.77. The molecule has 0 N–H and O–H groups in total. The van der Waals surface area contributed by atoms with Crippen LogP contribution in [-0.2, 0) is 0 Å². The third-order valence-corrected chi connectivity index (χ3v) is 2.69. The van der Waals surface area contributed by atoms with E-state index in [9.17, 15) is 9.18 Å². The molecule has 2 aromatic rings. The molecule has 0 unspecified atom stereocenters. The van der Waals surface area contributed by atoms with Gasteiger partial charge in [-0.05, 0) is 26.0 Å². The number of nitrogens with zero attached hydrogens (tertiary/aromatic N) is 3. The van der Waals surface area contributed by atoms with Crippen LogP contribution in [0.4, 0.5) is 4.39 Å². The zero-order valence-corrected chi connectivity index (χ0v) is 10.6. The number of ketones is 1.